The summed E-state index contributed by atoms with van der Waals surface area (Å²) in [6.45, 7) is 9.21. The fourth-order valence-corrected chi connectivity index (χ4v) is 4.59. The number of anilines is 3. The van der Waals surface area contributed by atoms with Crippen LogP contribution in [0.25, 0.3) is 11.1 Å². The van der Waals surface area contributed by atoms with Gasteiger partial charge in [-0.25, -0.2) is 4.98 Å². The van der Waals surface area contributed by atoms with Crippen molar-refractivity contribution < 1.29 is 9.53 Å². The SMILES string of the molecule is CC1(C)C(C(=O)Nc2ccc(-c3c(N)nc(N)nc3COCc3ccccc3)cc2)C1(C)C. The Morgan fingerprint density at radius 2 is 1.58 bits per heavy atom. The largest absolute Gasteiger partial charge is 0.383 e. The number of hydrogen-bond acceptors (Lipinski definition) is 6. The van der Waals surface area contributed by atoms with E-state index in [1.54, 1.807) is 0 Å². The number of carbonyl (C=O) groups excluding carboxylic acids is 1. The highest BCUT2D eigenvalue weighted by atomic mass is 16.5. The number of nitrogens with zero attached hydrogens (tertiary/aromatic N) is 2. The molecule has 4 rings (SSSR count). The number of nitrogen functional groups attached to an aromatic ring is 2. The van der Waals surface area contributed by atoms with Crippen LogP contribution in [0.5, 0.6) is 0 Å². The maximum Gasteiger partial charge on any atom is 0.228 e. The molecule has 5 N–H and O–H groups in total. The zero-order chi connectivity index (χ0) is 23.8. The van der Waals surface area contributed by atoms with Crippen LogP contribution < -0.4 is 16.8 Å². The van der Waals surface area contributed by atoms with E-state index in [1.165, 1.54) is 0 Å². The number of amides is 1. The summed E-state index contributed by atoms with van der Waals surface area (Å²) >= 11 is 0. The van der Waals surface area contributed by atoms with Gasteiger partial charge in [-0.15, -0.1) is 0 Å². The summed E-state index contributed by atoms with van der Waals surface area (Å²) in [5, 5.41) is 3.04. The molecule has 0 spiro atoms. The first-order chi connectivity index (χ1) is 15.6. The lowest BCUT2D eigenvalue weighted by Crippen LogP contribution is -2.17. The van der Waals surface area contributed by atoms with E-state index in [9.17, 15) is 4.79 Å². The number of benzene rings is 2. The highest BCUT2D eigenvalue weighted by Crippen LogP contribution is 2.68. The zero-order valence-electron chi connectivity index (χ0n) is 19.6. The summed E-state index contributed by atoms with van der Waals surface area (Å²) in [6, 6.07) is 17.4. The smallest absolute Gasteiger partial charge is 0.228 e. The Morgan fingerprint density at radius 1 is 0.939 bits per heavy atom. The van der Waals surface area contributed by atoms with Gasteiger partial charge in [-0.05, 0) is 34.1 Å². The maximum absolute atomic E-state index is 12.8. The van der Waals surface area contributed by atoms with Crippen molar-refractivity contribution in [2.24, 2.45) is 16.7 Å². The summed E-state index contributed by atoms with van der Waals surface area (Å²) in [6.07, 6.45) is 0. The van der Waals surface area contributed by atoms with Gasteiger partial charge in [0.25, 0.3) is 0 Å². The molecule has 1 heterocycles. The Labute approximate surface area is 194 Å². The van der Waals surface area contributed by atoms with Gasteiger partial charge in [0.15, 0.2) is 0 Å². The molecule has 7 nitrogen and oxygen atoms in total. The van der Waals surface area contributed by atoms with Crippen molar-refractivity contribution in [3.63, 3.8) is 0 Å². The van der Waals surface area contributed by atoms with E-state index >= 15 is 0 Å². The molecule has 1 aliphatic carbocycles. The number of nitrogens with one attached hydrogen (secondary N) is 1. The molecule has 0 saturated heterocycles. The van der Waals surface area contributed by atoms with Gasteiger partial charge in [-0.3, -0.25) is 4.79 Å². The fourth-order valence-electron chi connectivity index (χ4n) is 4.59. The van der Waals surface area contributed by atoms with Crippen molar-refractivity contribution in [1.29, 1.82) is 0 Å². The lowest BCUT2D eigenvalue weighted by molar-refractivity contribution is -0.118. The van der Waals surface area contributed by atoms with Gasteiger partial charge in [0.2, 0.25) is 11.9 Å². The van der Waals surface area contributed by atoms with Crippen molar-refractivity contribution in [1.82, 2.24) is 9.97 Å². The summed E-state index contributed by atoms with van der Waals surface area (Å²) in [7, 11) is 0. The molecular weight excluding hydrogens is 414 g/mol. The average Bonchev–Trinajstić information content (AvgIpc) is 3.17. The predicted octanol–water partition coefficient (Wildman–Crippen LogP) is 4.65. The normalized spacial score (nSPS) is 16.4. The lowest BCUT2D eigenvalue weighted by Gasteiger charge is -2.13. The zero-order valence-corrected chi connectivity index (χ0v) is 19.6. The highest BCUT2D eigenvalue weighted by Gasteiger charge is 2.68. The van der Waals surface area contributed by atoms with Crippen LogP contribution in [0.15, 0.2) is 54.6 Å². The number of aromatic nitrogens is 2. The molecular formula is C26H31N5O2. The Hall–Kier alpha value is -3.45. The number of rotatable bonds is 7. The van der Waals surface area contributed by atoms with Crippen molar-refractivity contribution in [3.8, 4) is 11.1 Å². The highest BCUT2D eigenvalue weighted by molar-refractivity contribution is 5.96. The monoisotopic (exact) mass is 445 g/mol. The Bertz CT molecular complexity index is 1140. The number of ether oxygens (including phenoxy) is 1. The van der Waals surface area contributed by atoms with Crippen LogP contribution >= 0.6 is 0 Å². The quantitative estimate of drug-likeness (QED) is 0.488. The van der Waals surface area contributed by atoms with Gasteiger partial charge in [0.1, 0.15) is 5.82 Å². The summed E-state index contributed by atoms with van der Waals surface area (Å²) in [4.78, 5) is 21.3. The van der Waals surface area contributed by atoms with Gasteiger partial charge >= 0.3 is 0 Å². The number of nitrogens with two attached hydrogens (primary N) is 2. The molecule has 2 aromatic carbocycles. The van der Waals surface area contributed by atoms with Crippen LogP contribution in [0, 0.1) is 16.7 Å². The van der Waals surface area contributed by atoms with Gasteiger partial charge in [0, 0.05) is 17.2 Å². The molecule has 0 atom stereocenters. The predicted molar refractivity (Wildman–Crippen MR) is 131 cm³/mol. The van der Waals surface area contributed by atoms with E-state index in [0.29, 0.717) is 23.7 Å². The van der Waals surface area contributed by atoms with Crippen LogP contribution in [0.3, 0.4) is 0 Å². The van der Waals surface area contributed by atoms with Crippen LogP contribution in [-0.2, 0) is 22.7 Å². The van der Waals surface area contributed by atoms with Crippen LogP contribution in [0.1, 0.15) is 39.0 Å². The molecule has 0 radical (unpaired) electrons. The second-order valence-electron chi connectivity index (χ2n) is 9.71. The number of carbonyl (C=O) groups is 1. The molecule has 1 aromatic heterocycles. The topological polar surface area (TPSA) is 116 Å². The first-order valence-corrected chi connectivity index (χ1v) is 11.1. The number of hydrogen-bond donors (Lipinski definition) is 3. The molecule has 1 fully saturated rings. The van der Waals surface area contributed by atoms with Gasteiger partial charge < -0.3 is 21.5 Å². The minimum atomic E-state index is -0.0146. The summed E-state index contributed by atoms with van der Waals surface area (Å²) < 4.78 is 5.87. The molecule has 3 aromatic rings. The van der Waals surface area contributed by atoms with Crippen molar-refractivity contribution in [3.05, 3.63) is 65.9 Å². The summed E-state index contributed by atoms with van der Waals surface area (Å²) in [5.74, 6) is 0.425. The molecule has 172 valence electrons. The molecule has 0 unspecified atom stereocenters. The second-order valence-corrected chi connectivity index (χ2v) is 9.71. The standard InChI is InChI=1S/C26H31N5O2/c1-25(2)21(26(25,3)4)23(32)29-18-12-10-17(11-13-18)20-19(30-24(28)31-22(20)27)15-33-14-16-8-6-5-7-9-16/h5-13,21H,14-15H2,1-4H3,(H,29,32)(H4,27,28,30,31). The minimum Gasteiger partial charge on any atom is -0.383 e. The van der Waals surface area contributed by atoms with Crippen LogP contribution in [-0.4, -0.2) is 15.9 Å². The van der Waals surface area contributed by atoms with E-state index in [2.05, 4.69) is 43.0 Å². The third kappa shape index (κ3) is 4.41. The average molecular weight is 446 g/mol. The van der Waals surface area contributed by atoms with Crippen LogP contribution in [0.2, 0.25) is 0 Å². The van der Waals surface area contributed by atoms with Crippen molar-refractivity contribution >= 4 is 23.4 Å². The van der Waals surface area contributed by atoms with Crippen molar-refractivity contribution in [2.75, 3.05) is 16.8 Å². The van der Waals surface area contributed by atoms with E-state index in [1.807, 2.05) is 54.6 Å². The van der Waals surface area contributed by atoms with Crippen molar-refractivity contribution in [2.45, 2.75) is 40.9 Å². The van der Waals surface area contributed by atoms with E-state index in [4.69, 9.17) is 16.2 Å². The molecule has 1 aliphatic rings. The Balaban J connectivity index is 1.49. The molecule has 7 heteroatoms. The van der Waals surface area contributed by atoms with Crippen LogP contribution in [0.4, 0.5) is 17.5 Å². The fraction of sp³-hybridized carbons (Fsp3) is 0.346. The van der Waals surface area contributed by atoms with E-state index in [0.717, 1.165) is 16.8 Å². The van der Waals surface area contributed by atoms with Gasteiger partial charge in [-0.1, -0.05) is 70.2 Å². The molecule has 33 heavy (non-hydrogen) atoms. The maximum atomic E-state index is 12.8. The first-order valence-electron chi connectivity index (χ1n) is 11.1. The minimum absolute atomic E-state index is 0.0125. The molecule has 0 aliphatic heterocycles. The Morgan fingerprint density at radius 3 is 2.18 bits per heavy atom. The first kappa shape index (κ1) is 22.7. The van der Waals surface area contributed by atoms with E-state index < -0.39 is 0 Å². The molecule has 0 bridgehead atoms. The third-order valence-corrected chi connectivity index (χ3v) is 7.10. The van der Waals surface area contributed by atoms with Gasteiger partial charge in [0.05, 0.1) is 18.9 Å². The molecule has 1 saturated carbocycles. The second kappa shape index (κ2) is 8.48. The lowest BCUT2D eigenvalue weighted by atomic mass is 10.0. The summed E-state index contributed by atoms with van der Waals surface area (Å²) in [5.41, 5.74) is 16.0. The van der Waals surface area contributed by atoms with Gasteiger partial charge in [-0.2, -0.15) is 4.98 Å². The van der Waals surface area contributed by atoms with E-state index in [-0.39, 0.29) is 35.2 Å². The Kier molecular flexibility index (Phi) is 5.84. The third-order valence-electron chi connectivity index (χ3n) is 7.10. The molecule has 1 amide bonds.